The predicted octanol–water partition coefficient (Wildman–Crippen LogP) is 2.01. The largest absolute Gasteiger partial charge is 0.368 e. The van der Waals surface area contributed by atoms with Gasteiger partial charge in [-0.3, -0.25) is 4.68 Å². The third-order valence-corrected chi connectivity index (χ3v) is 4.38. The van der Waals surface area contributed by atoms with Gasteiger partial charge in [0.1, 0.15) is 6.10 Å². The van der Waals surface area contributed by atoms with Crippen LogP contribution in [0.2, 0.25) is 0 Å². The van der Waals surface area contributed by atoms with Gasteiger partial charge in [-0.2, -0.15) is 10.1 Å². The first-order valence-corrected chi connectivity index (χ1v) is 8.18. The summed E-state index contributed by atoms with van der Waals surface area (Å²) in [7, 11) is 1.89. The van der Waals surface area contributed by atoms with Crippen LogP contribution in [-0.4, -0.2) is 36.1 Å². The molecule has 3 aromatic rings. The van der Waals surface area contributed by atoms with E-state index in [-0.39, 0.29) is 6.10 Å². The van der Waals surface area contributed by atoms with Crippen molar-refractivity contribution in [3.63, 3.8) is 0 Å². The van der Waals surface area contributed by atoms with Gasteiger partial charge in [0.15, 0.2) is 0 Å². The Morgan fingerprint density at radius 1 is 1.38 bits per heavy atom. The van der Waals surface area contributed by atoms with Crippen LogP contribution in [0.25, 0.3) is 11.4 Å². The van der Waals surface area contributed by atoms with Crippen molar-refractivity contribution in [1.82, 2.24) is 29.5 Å². The highest BCUT2D eigenvalue weighted by atomic mass is 16.5. The lowest BCUT2D eigenvalue weighted by atomic mass is 10.0. The van der Waals surface area contributed by atoms with Crippen molar-refractivity contribution in [2.24, 2.45) is 13.0 Å². The molecule has 1 aliphatic rings. The molecule has 0 amide bonds. The number of rotatable bonds is 5. The molecule has 4 rings (SSSR count). The van der Waals surface area contributed by atoms with Gasteiger partial charge < -0.3 is 13.8 Å². The third-order valence-electron chi connectivity index (χ3n) is 4.38. The maximum absolute atomic E-state index is 5.86. The van der Waals surface area contributed by atoms with Crippen molar-refractivity contribution in [2.75, 3.05) is 6.61 Å². The van der Waals surface area contributed by atoms with E-state index >= 15 is 0 Å². The molecule has 8 heteroatoms. The van der Waals surface area contributed by atoms with Crippen molar-refractivity contribution in [3.8, 4) is 11.4 Å². The summed E-state index contributed by atoms with van der Waals surface area (Å²) in [5.41, 5.74) is 1.88. The molecular formula is C16H20N6O2. The number of hydrogen-bond acceptors (Lipinski definition) is 6. The summed E-state index contributed by atoms with van der Waals surface area (Å²) in [6, 6.07) is 0. The smallest absolute Gasteiger partial charge is 0.256 e. The highest BCUT2D eigenvalue weighted by molar-refractivity contribution is 5.56. The Kier molecular flexibility index (Phi) is 3.89. The Balaban J connectivity index is 1.57. The minimum Gasteiger partial charge on any atom is -0.368 e. The van der Waals surface area contributed by atoms with E-state index in [1.807, 2.05) is 25.8 Å². The molecule has 4 heterocycles. The zero-order valence-corrected chi connectivity index (χ0v) is 13.8. The van der Waals surface area contributed by atoms with E-state index in [9.17, 15) is 0 Å². The lowest BCUT2D eigenvalue weighted by Crippen LogP contribution is -2.14. The third kappa shape index (κ3) is 2.73. The normalized spacial score (nSPS) is 20.8. The highest BCUT2D eigenvalue weighted by Gasteiger charge is 2.34. The summed E-state index contributed by atoms with van der Waals surface area (Å²) < 4.78 is 15.2. The fourth-order valence-corrected chi connectivity index (χ4v) is 3.20. The van der Waals surface area contributed by atoms with Crippen molar-refractivity contribution in [2.45, 2.75) is 32.4 Å². The molecule has 0 aliphatic carbocycles. The van der Waals surface area contributed by atoms with Gasteiger partial charge in [-0.15, -0.1) is 0 Å². The van der Waals surface area contributed by atoms with Crippen molar-refractivity contribution >= 4 is 0 Å². The van der Waals surface area contributed by atoms with Gasteiger partial charge in [0.05, 0.1) is 17.6 Å². The molecular weight excluding hydrogens is 308 g/mol. The van der Waals surface area contributed by atoms with Crippen LogP contribution >= 0.6 is 0 Å². The van der Waals surface area contributed by atoms with Gasteiger partial charge in [-0.05, 0) is 12.8 Å². The highest BCUT2D eigenvalue weighted by Crippen LogP contribution is 2.35. The second-order valence-corrected chi connectivity index (χ2v) is 6.07. The average Bonchev–Trinajstić information content (AvgIpc) is 3.34. The Morgan fingerprint density at radius 3 is 3.08 bits per heavy atom. The van der Waals surface area contributed by atoms with Gasteiger partial charge in [0.25, 0.3) is 5.89 Å². The van der Waals surface area contributed by atoms with Crippen molar-refractivity contribution < 1.29 is 9.26 Å². The molecule has 1 aliphatic heterocycles. The first-order chi connectivity index (χ1) is 11.7. The first kappa shape index (κ1) is 15.1. The lowest BCUT2D eigenvalue weighted by molar-refractivity contribution is 0.0587. The molecule has 0 spiro atoms. The fraction of sp³-hybridized carbons (Fsp3) is 0.500. The molecule has 2 atom stereocenters. The molecule has 0 N–H and O–H groups in total. The number of nitrogens with zero attached hydrogens (tertiary/aromatic N) is 6. The van der Waals surface area contributed by atoms with Gasteiger partial charge >= 0.3 is 0 Å². The Labute approximate surface area is 139 Å². The molecule has 0 unspecified atom stereocenters. The van der Waals surface area contributed by atoms with Crippen LogP contribution < -0.4 is 0 Å². The molecule has 1 saturated heterocycles. The van der Waals surface area contributed by atoms with Crippen LogP contribution in [0.3, 0.4) is 0 Å². The predicted molar refractivity (Wildman–Crippen MR) is 84.9 cm³/mol. The van der Waals surface area contributed by atoms with E-state index in [1.165, 1.54) is 0 Å². The molecule has 0 bridgehead atoms. The van der Waals surface area contributed by atoms with E-state index in [1.54, 1.807) is 10.9 Å². The molecule has 0 saturated carbocycles. The zero-order valence-electron chi connectivity index (χ0n) is 13.8. The van der Waals surface area contributed by atoms with Gasteiger partial charge in [-0.25, -0.2) is 4.98 Å². The fourth-order valence-electron chi connectivity index (χ4n) is 3.20. The van der Waals surface area contributed by atoms with E-state index in [0.717, 1.165) is 30.6 Å². The van der Waals surface area contributed by atoms with Crippen LogP contribution in [0.15, 0.2) is 29.4 Å². The van der Waals surface area contributed by atoms with Crippen LogP contribution in [0, 0.1) is 5.92 Å². The second-order valence-electron chi connectivity index (χ2n) is 6.07. The van der Waals surface area contributed by atoms with Crippen molar-refractivity contribution in [3.05, 3.63) is 36.5 Å². The Morgan fingerprint density at radius 2 is 2.29 bits per heavy atom. The summed E-state index contributed by atoms with van der Waals surface area (Å²) in [5.74, 6) is 1.41. The second kappa shape index (κ2) is 6.20. The summed E-state index contributed by atoms with van der Waals surface area (Å²) in [6.45, 7) is 3.60. The Bertz CT molecular complexity index is 807. The standard InChI is InChI=1S/C16H20N6O2/c1-3-13-12(9-21(2)19-13)15-18-16(24-20-15)14-11(4-7-23-14)8-22-6-5-17-10-22/h5-6,9-11,14H,3-4,7-8H2,1-2H3/t11-,14-/m0/s1. The maximum Gasteiger partial charge on any atom is 0.256 e. The summed E-state index contributed by atoms with van der Waals surface area (Å²) in [5, 5.41) is 8.58. The topological polar surface area (TPSA) is 83.8 Å². The summed E-state index contributed by atoms with van der Waals surface area (Å²) >= 11 is 0. The van der Waals surface area contributed by atoms with E-state index < -0.39 is 0 Å². The average molecular weight is 328 g/mol. The van der Waals surface area contributed by atoms with Crippen LogP contribution in [0.5, 0.6) is 0 Å². The lowest BCUT2D eigenvalue weighted by Gasteiger charge is -2.15. The number of imidazole rings is 1. The van der Waals surface area contributed by atoms with Gasteiger partial charge in [-0.1, -0.05) is 12.1 Å². The number of ether oxygens (including phenoxy) is 1. The number of aryl methyl sites for hydroxylation is 2. The Hall–Kier alpha value is -2.48. The molecule has 0 radical (unpaired) electrons. The van der Waals surface area contributed by atoms with E-state index in [0.29, 0.717) is 24.2 Å². The molecule has 0 aromatic carbocycles. The first-order valence-electron chi connectivity index (χ1n) is 8.18. The van der Waals surface area contributed by atoms with Gasteiger partial charge in [0.2, 0.25) is 5.82 Å². The number of aromatic nitrogens is 6. The summed E-state index contributed by atoms with van der Waals surface area (Å²) in [4.78, 5) is 8.67. The summed E-state index contributed by atoms with van der Waals surface area (Å²) in [6.07, 6.45) is 9.10. The molecule has 24 heavy (non-hydrogen) atoms. The van der Waals surface area contributed by atoms with Crippen LogP contribution in [0.4, 0.5) is 0 Å². The SMILES string of the molecule is CCc1nn(C)cc1-c1noc([C@H]2OCC[C@H]2Cn2ccnc2)n1. The van der Waals surface area contributed by atoms with Crippen molar-refractivity contribution in [1.29, 1.82) is 0 Å². The minimum atomic E-state index is -0.171. The monoisotopic (exact) mass is 328 g/mol. The van der Waals surface area contributed by atoms with Crippen LogP contribution in [0.1, 0.15) is 31.0 Å². The minimum absolute atomic E-state index is 0.171. The van der Waals surface area contributed by atoms with E-state index in [2.05, 4.69) is 31.7 Å². The van der Waals surface area contributed by atoms with Crippen LogP contribution in [-0.2, 0) is 24.8 Å². The zero-order chi connectivity index (χ0) is 16.5. The van der Waals surface area contributed by atoms with Gasteiger partial charge in [0, 0.05) is 44.7 Å². The van der Waals surface area contributed by atoms with E-state index in [4.69, 9.17) is 9.26 Å². The molecule has 126 valence electrons. The molecule has 1 fully saturated rings. The molecule has 3 aromatic heterocycles. The molecule has 8 nitrogen and oxygen atoms in total. The number of hydrogen-bond donors (Lipinski definition) is 0. The maximum atomic E-state index is 5.86. The quantitative estimate of drug-likeness (QED) is 0.712.